The zero-order valence-electron chi connectivity index (χ0n) is 16.3. The van der Waals surface area contributed by atoms with Gasteiger partial charge < -0.3 is 19.7 Å². The highest BCUT2D eigenvalue weighted by Gasteiger charge is 2.53. The van der Waals surface area contributed by atoms with Crippen LogP contribution in [0.2, 0.25) is 0 Å². The van der Waals surface area contributed by atoms with E-state index in [1.54, 1.807) is 25.6 Å². The molecule has 1 aromatic heterocycles. The van der Waals surface area contributed by atoms with E-state index >= 15 is 0 Å². The maximum atomic E-state index is 13.6. The number of hydrogen-bond donors (Lipinski definition) is 2. The van der Waals surface area contributed by atoms with Gasteiger partial charge in [0.25, 0.3) is 0 Å². The average molecular weight is 389 g/mol. The normalized spacial score (nSPS) is 19.5. The van der Waals surface area contributed by atoms with Gasteiger partial charge in [-0.25, -0.2) is 4.98 Å². The first kappa shape index (κ1) is 17.8. The molecule has 3 aromatic rings. The Balaban J connectivity index is 1.46. The van der Waals surface area contributed by atoms with E-state index in [-0.39, 0.29) is 17.6 Å². The molecule has 1 amide bonds. The molecule has 2 aromatic carbocycles. The number of ether oxygens (including phenoxy) is 1. The summed E-state index contributed by atoms with van der Waals surface area (Å²) in [6.07, 6.45) is 3.41. The quantitative estimate of drug-likeness (QED) is 0.717. The van der Waals surface area contributed by atoms with Crippen molar-refractivity contribution < 1.29 is 14.6 Å². The number of nitrogens with zero attached hydrogens (tertiary/aromatic N) is 2. The number of nitrogens with one attached hydrogen (secondary N) is 1. The first-order valence-electron chi connectivity index (χ1n) is 9.86. The monoisotopic (exact) mass is 389 g/mol. The van der Waals surface area contributed by atoms with E-state index in [2.05, 4.69) is 9.97 Å². The summed E-state index contributed by atoms with van der Waals surface area (Å²) < 4.78 is 5.26. The van der Waals surface area contributed by atoms with Gasteiger partial charge in [0.2, 0.25) is 5.91 Å². The number of fused-ring (bicyclic) bond motifs is 1. The second-order valence-corrected chi connectivity index (χ2v) is 7.91. The Bertz CT molecular complexity index is 1050. The highest BCUT2D eigenvalue weighted by molar-refractivity contribution is 5.91. The van der Waals surface area contributed by atoms with E-state index in [1.807, 2.05) is 41.3 Å². The lowest BCUT2D eigenvalue weighted by Crippen LogP contribution is -2.44. The smallest absolute Gasteiger partial charge is 0.233 e. The number of aromatic nitrogens is 2. The molecule has 0 saturated heterocycles. The Kier molecular flexibility index (Phi) is 4.08. The average Bonchev–Trinajstić information content (AvgIpc) is 3.43. The highest BCUT2D eigenvalue weighted by Crippen LogP contribution is 2.51. The predicted octanol–water partition coefficient (Wildman–Crippen LogP) is 3.33. The number of methoxy groups -OCH3 is 1. The van der Waals surface area contributed by atoms with Crippen molar-refractivity contribution in [3.8, 4) is 11.5 Å². The molecule has 1 atom stereocenters. The molecule has 1 unspecified atom stereocenters. The third-order valence-corrected chi connectivity index (χ3v) is 6.20. The third-order valence-electron chi connectivity index (χ3n) is 6.20. The van der Waals surface area contributed by atoms with Crippen molar-refractivity contribution in [2.75, 3.05) is 13.7 Å². The van der Waals surface area contributed by atoms with Crippen molar-refractivity contribution >= 4 is 5.91 Å². The van der Waals surface area contributed by atoms with Crippen molar-refractivity contribution in [3.63, 3.8) is 0 Å². The lowest BCUT2D eigenvalue weighted by atomic mass is 9.88. The lowest BCUT2D eigenvalue weighted by Gasteiger charge is -2.35. The van der Waals surface area contributed by atoms with Gasteiger partial charge in [-0.15, -0.1) is 0 Å². The van der Waals surface area contributed by atoms with Crippen molar-refractivity contribution in [1.29, 1.82) is 0 Å². The molecule has 2 N–H and O–H groups in total. The number of imidazole rings is 1. The summed E-state index contributed by atoms with van der Waals surface area (Å²) in [7, 11) is 1.64. The fourth-order valence-corrected chi connectivity index (χ4v) is 4.44. The van der Waals surface area contributed by atoms with Crippen LogP contribution in [-0.4, -0.2) is 39.5 Å². The second kappa shape index (κ2) is 6.65. The molecule has 2 heterocycles. The second-order valence-electron chi connectivity index (χ2n) is 7.91. The Morgan fingerprint density at radius 1 is 1.24 bits per heavy atom. The first-order chi connectivity index (χ1) is 14.1. The maximum Gasteiger partial charge on any atom is 0.233 e. The third kappa shape index (κ3) is 2.95. The molecule has 1 fully saturated rings. The maximum absolute atomic E-state index is 13.6. The van der Waals surface area contributed by atoms with E-state index in [0.29, 0.717) is 13.1 Å². The minimum Gasteiger partial charge on any atom is -0.508 e. The molecule has 0 radical (unpaired) electrons. The van der Waals surface area contributed by atoms with Crippen LogP contribution in [0.4, 0.5) is 0 Å². The molecule has 29 heavy (non-hydrogen) atoms. The molecule has 6 nitrogen and oxygen atoms in total. The fourth-order valence-electron chi connectivity index (χ4n) is 4.44. The summed E-state index contributed by atoms with van der Waals surface area (Å²) in [5, 5.41) is 9.93. The molecule has 1 aliphatic heterocycles. The number of phenolic OH excluding ortho intramolecular Hbond substituents is 1. The largest absolute Gasteiger partial charge is 0.508 e. The van der Waals surface area contributed by atoms with Crippen molar-refractivity contribution in [2.24, 2.45) is 0 Å². The number of phenols is 1. The van der Waals surface area contributed by atoms with Gasteiger partial charge in [-0.2, -0.15) is 0 Å². The van der Waals surface area contributed by atoms with Crippen LogP contribution < -0.4 is 4.74 Å². The van der Waals surface area contributed by atoms with Gasteiger partial charge in [-0.3, -0.25) is 4.79 Å². The molecule has 5 rings (SSSR count). The van der Waals surface area contributed by atoms with Crippen LogP contribution in [0.15, 0.2) is 54.9 Å². The van der Waals surface area contributed by atoms with Gasteiger partial charge in [0, 0.05) is 12.5 Å². The van der Waals surface area contributed by atoms with Crippen LogP contribution in [0.5, 0.6) is 11.5 Å². The Morgan fingerprint density at radius 3 is 2.72 bits per heavy atom. The SMILES string of the molecule is COc1ccc(C2(C(=O)N3Cc4[nH]cnc4C(c4cccc(O)c4)C3)CC2)cc1. The number of carbonyl (C=O) groups excluding carboxylic acids is 1. The van der Waals surface area contributed by atoms with E-state index in [4.69, 9.17) is 4.74 Å². The summed E-state index contributed by atoms with van der Waals surface area (Å²) in [6.45, 7) is 1.08. The summed E-state index contributed by atoms with van der Waals surface area (Å²) in [5.74, 6) is 1.11. The summed E-state index contributed by atoms with van der Waals surface area (Å²) in [4.78, 5) is 23.3. The van der Waals surface area contributed by atoms with Gasteiger partial charge in [-0.1, -0.05) is 24.3 Å². The van der Waals surface area contributed by atoms with Gasteiger partial charge in [0.15, 0.2) is 0 Å². The van der Waals surface area contributed by atoms with E-state index in [9.17, 15) is 9.90 Å². The van der Waals surface area contributed by atoms with Crippen LogP contribution >= 0.6 is 0 Å². The Morgan fingerprint density at radius 2 is 2.03 bits per heavy atom. The number of carbonyl (C=O) groups is 1. The molecule has 1 saturated carbocycles. The van der Waals surface area contributed by atoms with Gasteiger partial charge in [0.05, 0.1) is 36.8 Å². The zero-order chi connectivity index (χ0) is 20.0. The van der Waals surface area contributed by atoms with E-state index in [0.717, 1.165) is 41.1 Å². The Hall–Kier alpha value is -3.28. The molecular weight excluding hydrogens is 366 g/mol. The number of H-pyrrole nitrogens is 1. The minimum atomic E-state index is -0.437. The van der Waals surface area contributed by atoms with E-state index in [1.165, 1.54) is 0 Å². The lowest BCUT2D eigenvalue weighted by molar-refractivity contribution is -0.135. The molecule has 148 valence electrons. The van der Waals surface area contributed by atoms with Crippen molar-refractivity contribution in [3.05, 3.63) is 77.4 Å². The standard InChI is InChI=1S/C23H23N3O3/c1-29-18-7-5-16(6-8-18)23(9-10-23)22(28)26-12-19(15-3-2-4-17(27)11-15)21-20(13-26)24-14-25-21/h2-8,11,14,19,27H,9-10,12-13H2,1H3,(H,24,25). The van der Waals surface area contributed by atoms with Gasteiger partial charge in [-0.05, 0) is 48.2 Å². The molecule has 2 aliphatic rings. The van der Waals surface area contributed by atoms with Crippen molar-refractivity contribution in [2.45, 2.75) is 30.7 Å². The molecular formula is C23H23N3O3. The van der Waals surface area contributed by atoms with Gasteiger partial charge >= 0.3 is 0 Å². The molecule has 0 bridgehead atoms. The number of rotatable bonds is 4. The summed E-state index contributed by atoms with van der Waals surface area (Å²) in [6, 6.07) is 15.1. The molecule has 1 aliphatic carbocycles. The van der Waals surface area contributed by atoms with Crippen LogP contribution in [0.1, 0.15) is 41.3 Å². The minimum absolute atomic E-state index is 0.0623. The van der Waals surface area contributed by atoms with Crippen LogP contribution in [0.25, 0.3) is 0 Å². The van der Waals surface area contributed by atoms with Crippen molar-refractivity contribution in [1.82, 2.24) is 14.9 Å². The zero-order valence-corrected chi connectivity index (χ0v) is 16.3. The number of amides is 1. The number of hydrogen-bond acceptors (Lipinski definition) is 4. The van der Waals surface area contributed by atoms with Crippen LogP contribution in [-0.2, 0) is 16.8 Å². The highest BCUT2D eigenvalue weighted by atomic mass is 16.5. The number of aromatic amines is 1. The predicted molar refractivity (Wildman–Crippen MR) is 108 cm³/mol. The van der Waals surface area contributed by atoms with E-state index < -0.39 is 5.41 Å². The van der Waals surface area contributed by atoms with Crippen LogP contribution in [0, 0.1) is 0 Å². The van der Waals surface area contributed by atoms with Crippen LogP contribution in [0.3, 0.4) is 0 Å². The molecule has 6 heteroatoms. The summed E-state index contributed by atoms with van der Waals surface area (Å²) in [5.41, 5.74) is 3.49. The fraction of sp³-hybridized carbons (Fsp3) is 0.304. The topological polar surface area (TPSA) is 78.5 Å². The first-order valence-corrected chi connectivity index (χ1v) is 9.86. The molecule has 0 spiro atoms. The number of aromatic hydroxyl groups is 1. The van der Waals surface area contributed by atoms with Gasteiger partial charge in [0.1, 0.15) is 11.5 Å². The summed E-state index contributed by atoms with van der Waals surface area (Å²) >= 11 is 0. The Labute approximate surface area is 169 Å². The number of benzene rings is 2.